The number of anilines is 1. The van der Waals surface area contributed by atoms with Gasteiger partial charge in [0.2, 0.25) is 0 Å². The Morgan fingerprint density at radius 3 is 2.69 bits per heavy atom. The van der Waals surface area contributed by atoms with Crippen LogP contribution in [0.15, 0.2) is 16.6 Å². The first-order chi connectivity index (χ1) is 17.1. The molecule has 3 heterocycles. The van der Waals surface area contributed by atoms with Crippen molar-refractivity contribution in [3.63, 3.8) is 0 Å². The van der Waals surface area contributed by atoms with Crippen molar-refractivity contribution in [3.8, 4) is 12.1 Å². The van der Waals surface area contributed by atoms with Crippen molar-refractivity contribution in [2.75, 3.05) is 44.7 Å². The molecule has 1 aromatic carbocycles. The second-order valence-corrected chi connectivity index (χ2v) is 11.6. The minimum atomic E-state index is -0.612. The highest BCUT2D eigenvalue weighted by atomic mass is 79.9. The third-order valence-electron chi connectivity index (χ3n) is 6.51. The van der Waals surface area contributed by atoms with Gasteiger partial charge in [-0.25, -0.2) is 4.79 Å². The van der Waals surface area contributed by atoms with Crippen LogP contribution in [-0.4, -0.2) is 83.4 Å². The van der Waals surface area contributed by atoms with Crippen molar-refractivity contribution in [2.24, 2.45) is 0 Å². The lowest BCUT2D eigenvalue weighted by Gasteiger charge is -2.41. The number of piperazine rings is 1. The van der Waals surface area contributed by atoms with Crippen molar-refractivity contribution in [3.05, 3.63) is 21.6 Å². The van der Waals surface area contributed by atoms with Crippen LogP contribution in [-0.2, 0) is 4.74 Å². The SMILES string of the molecule is CN1CCC[C@H]1COc1nc(N2CCN(C(=O)OC(C)(C)C)[C@@H](CC#N)C2)c2cc(Br)c(Cl)cc2n1. The predicted octanol–water partition coefficient (Wildman–Crippen LogP) is 4.86. The molecule has 0 spiro atoms. The Labute approximate surface area is 225 Å². The Morgan fingerprint density at radius 1 is 1.25 bits per heavy atom. The van der Waals surface area contributed by atoms with Crippen LogP contribution >= 0.6 is 27.5 Å². The normalized spacial score (nSPS) is 21.0. The molecule has 4 rings (SSSR count). The fourth-order valence-electron chi connectivity index (χ4n) is 4.64. The Bertz CT molecular complexity index is 1170. The minimum absolute atomic E-state index is 0.186. The highest BCUT2D eigenvalue weighted by Crippen LogP contribution is 2.34. The van der Waals surface area contributed by atoms with Crippen molar-refractivity contribution in [1.82, 2.24) is 19.8 Å². The Hall–Kier alpha value is -2.35. The molecule has 0 radical (unpaired) electrons. The Balaban J connectivity index is 1.63. The second kappa shape index (κ2) is 11.0. The van der Waals surface area contributed by atoms with Gasteiger partial charge in [-0.1, -0.05) is 11.6 Å². The summed E-state index contributed by atoms with van der Waals surface area (Å²) in [4.78, 5) is 28.3. The van der Waals surface area contributed by atoms with Gasteiger partial charge in [0, 0.05) is 35.5 Å². The zero-order chi connectivity index (χ0) is 26.0. The summed E-state index contributed by atoms with van der Waals surface area (Å²) >= 11 is 9.90. The number of likely N-dealkylation sites (tertiary alicyclic amines) is 1. The molecule has 2 aliphatic rings. The monoisotopic (exact) mass is 578 g/mol. The molecule has 0 saturated carbocycles. The first kappa shape index (κ1) is 26.7. The van der Waals surface area contributed by atoms with Crippen molar-refractivity contribution < 1.29 is 14.3 Å². The van der Waals surface area contributed by atoms with Crippen LogP contribution in [0.1, 0.15) is 40.0 Å². The summed E-state index contributed by atoms with van der Waals surface area (Å²) < 4.78 is 12.4. The smallest absolute Gasteiger partial charge is 0.410 e. The first-order valence-electron chi connectivity index (χ1n) is 12.2. The van der Waals surface area contributed by atoms with E-state index in [0.29, 0.717) is 54.7 Å². The molecule has 2 fully saturated rings. The standard InChI is InChI=1S/C25H32BrClN6O3/c1-25(2,3)36-24(34)33-11-10-32(14-16(33)7-8-28)22-18-12-19(26)20(27)13-21(18)29-23(30-22)35-15-17-6-5-9-31(17)4/h12-13,16-17H,5-7,9-11,14-15H2,1-4H3/t16-,17-/m0/s1. The maximum atomic E-state index is 12.8. The lowest BCUT2D eigenvalue weighted by Crippen LogP contribution is -2.56. The third kappa shape index (κ3) is 6.13. The zero-order valence-corrected chi connectivity index (χ0v) is 23.5. The highest BCUT2D eigenvalue weighted by Gasteiger charge is 2.34. The highest BCUT2D eigenvalue weighted by molar-refractivity contribution is 9.10. The molecule has 2 aromatic rings. The van der Waals surface area contributed by atoms with Crippen molar-refractivity contribution in [2.45, 2.75) is 57.7 Å². The van der Waals surface area contributed by atoms with Gasteiger partial charge in [-0.2, -0.15) is 15.2 Å². The molecule has 2 saturated heterocycles. The average Bonchev–Trinajstić information content (AvgIpc) is 3.22. The average molecular weight is 580 g/mol. The molecular weight excluding hydrogens is 548 g/mol. The number of benzene rings is 1. The molecule has 9 nitrogen and oxygen atoms in total. The van der Waals surface area contributed by atoms with E-state index < -0.39 is 11.7 Å². The molecule has 1 amide bonds. The number of nitrogens with zero attached hydrogens (tertiary/aromatic N) is 6. The molecule has 11 heteroatoms. The predicted molar refractivity (Wildman–Crippen MR) is 143 cm³/mol. The van der Waals surface area contributed by atoms with Gasteiger partial charge in [-0.3, -0.25) is 0 Å². The number of hydrogen-bond acceptors (Lipinski definition) is 8. The van der Waals surface area contributed by atoms with Crippen LogP contribution in [0, 0.1) is 11.3 Å². The van der Waals surface area contributed by atoms with E-state index in [1.54, 1.807) is 11.0 Å². The van der Waals surface area contributed by atoms with Crippen LogP contribution in [0.25, 0.3) is 10.9 Å². The van der Waals surface area contributed by atoms with Crippen LogP contribution in [0.4, 0.5) is 10.6 Å². The maximum Gasteiger partial charge on any atom is 0.410 e. The number of aromatic nitrogens is 2. The number of halogens is 2. The number of amides is 1. The van der Waals surface area contributed by atoms with Crippen LogP contribution in [0.5, 0.6) is 6.01 Å². The number of carbonyl (C=O) groups is 1. The van der Waals surface area contributed by atoms with E-state index >= 15 is 0 Å². The fraction of sp³-hybridized carbons (Fsp3) is 0.600. The number of carbonyl (C=O) groups excluding carboxylic acids is 1. The van der Waals surface area contributed by atoms with Gasteiger partial charge in [-0.05, 0) is 75.3 Å². The van der Waals surface area contributed by atoms with Crippen molar-refractivity contribution >= 4 is 50.3 Å². The van der Waals surface area contributed by atoms with Gasteiger partial charge in [0.05, 0.1) is 29.1 Å². The number of hydrogen-bond donors (Lipinski definition) is 0. The molecule has 194 valence electrons. The van der Waals surface area contributed by atoms with Crippen LogP contribution in [0.3, 0.4) is 0 Å². The van der Waals surface area contributed by atoms with Gasteiger partial charge in [0.15, 0.2) is 0 Å². The Morgan fingerprint density at radius 2 is 2.03 bits per heavy atom. The third-order valence-corrected chi connectivity index (χ3v) is 7.71. The summed E-state index contributed by atoms with van der Waals surface area (Å²) in [6.07, 6.45) is 2.01. The van der Waals surface area contributed by atoms with E-state index in [4.69, 9.17) is 26.1 Å². The first-order valence-corrected chi connectivity index (χ1v) is 13.3. The van der Waals surface area contributed by atoms with E-state index in [1.807, 2.05) is 26.8 Å². The maximum absolute atomic E-state index is 12.8. The number of rotatable bonds is 5. The number of ether oxygens (including phenoxy) is 2. The summed E-state index contributed by atoms with van der Waals surface area (Å²) in [7, 11) is 2.10. The summed E-state index contributed by atoms with van der Waals surface area (Å²) in [6.45, 7) is 8.44. The second-order valence-electron chi connectivity index (χ2n) is 10.3. The number of nitriles is 1. The molecule has 0 unspecified atom stereocenters. The molecule has 0 aliphatic carbocycles. The molecule has 1 aromatic heterocycles. The zero-order valence-electron chi connectivity index (χ0n) is 21.1. The van der Waals surface area contributed by atoms with E-state index in [-0.39, 0.29) is 12.5 Å². The summed E-state index contributed by atoms with van der Waals surface area (Å²) in [6, 6.07) is 6.20. The Kier molecular flexibility index (Phi) is 8.12. The number of likely N-dealkylation sites (N-methyl/N-ethyl adjacent to an activating group) is 1. The number of fused-ring (bicyclic) bond motifs is 1. The van der Waals surface area contributed by atoms with Crippen molar-refractivity contribution in [1.29, 1.82) is 5.26 Å². The minimum Gasteiger partial charge on any atom is -0.462 e. The quantitative estimate of drug-likeness (QED) is 0.496. The van der Waals surface area contributed by atoms with Gasteiger partial charge >= 0.3 is 12.1 Å². The molecular formula is C25H32BrClN6O3. The molecule has 36 heavy (non-hydrogen) atoms. The van der Waals surface area contributed by atoms with Gasteiger partial charge < -0.3 is 24.2 Å². The van der Waals surface area contributed by atoms with Crippen LogP contribution in [0.2, 0.25) is 5.02 Å². The van der Waals surface area contributed by atoms with Gasteiger partial charge in [-0.15, -0.1) is 0 Å². The lowest BCUT2D eigenvalue weighted by atomic mass is 10.1. The summed E-state index contributed by atoms with van der Waals surface area (Å²) in [5.74, 6) is 0.693. The molecule has 2 aliphatic heterocycles. The topological polar surface area (TPSA) is 94.8 Å². The van der Waals surface area contributed by atoms with E-state index in [9.17, 15) is 10.1 Å². The van der Waals surface area contributed by atoms with Gasteiger partial charge in [0.1, 0.15) is 18.0 Å². The summed E-state index contributed by atoms with van der Waals surface area (Å²) in [5.41, 5.74) is 0.0637. The van der Waals surface area contributed by atoms with E-state index in [2.05, 4.69) is 43.8 Å². The summed E-state index contributed by atoms with van der Waals surface area (Å²) in [5, 5.41) is 10.8. The van der Waals surface area contributed by atoms with E-state index in [0.717, 1.165) is 29.2 Å². The molecule has 0 bridgehead atoms. The molecule has 0 N–H and O–H groups in total. The largest absolute Gasteiger partial charge is 0.462 e. The molecule has 2 atom stereocenters. The van der Waals surface area contributed by atoms with E-state index in [1.165, 1.54) is 0 Å². The van der Waals surface area contributed by atoms with Gasteiger partial charge in [0.25, 0.3) is 0 Å². The van der Waals surface area contributed by atoms with Crippen LogP contribution < -0.4 is 9.64 Å². The lowest BCUT2D eigenvalue weighted by molar-refractivity contribution is 0.0145. The fourth-order valence-corrected chi connectivity index (χ4v) is 5.14.